The summed E-state index contributed by atoms with van der Waals surface area (Å²) in [6, 6.07) is 18.5. The van der Waals surface area contributed by atoms with Gasteiger partial charge in [0.2, 0.25) is 0 Å². The maximum atomic E-state index is 4.38. The molecule has 0 fully saturated rings. The van der Waals surface area contributed by atoms with Crippen molar-refractivity contribution in [2.75, 3.05) is 0 Å². The fourth-order valence-electron chi connectivity index (χ4n) is 2.00. The molecule has 1 aliphatic rings. The van der Waals surface area contributed by atoms with Crippen molar-refractivity contribution < 1.29 is 0 Å². The number of benzene rings is 2. The zero-order chi connectivity index (χ0) is 12.2. The smallest absolute Gasteiger partial charge is 0.0708 e. The molecule has 0 aliphatic carbocycles. The first-order chi connectivity index (χ1) is 8.93. The van der Waals surface area contributed by atoms with E-state index in [1.165, 1.54) is 11.1 Å². The first kappa shape index (κ1) is 10.7. The monoisotopic (exact) mass is 231 g/mol. The molecule has 2 aromatic rings. The summed E-state index contributed by atoms with van der Waals surface area (Å²) in [5.74, 6) is 0. The predicted molar refractivity (Wildman–Crippen MR) is 78.0 cm³/mol. The summed E-state index contributed by atoms with van der Waals surface area (Å²) in [4.78, 5) is 4.38. The average molecular weight is 231 g/mol. The fraction of sp³-hybridized carbons (Fsp3) is 0. The summed E-state index contributed by atoms with van der Waals surface area (Å²) in [7, 11) is 0. The lowest BCUT2D eigenvalue weighted by Gasteiger charge is -1.96. The Hall–Kier alpha value is -2.41. The van der Waals surface area contributed by atoms with E-state index in [2.05, 4.69) is 41.4 Å². The van der Waals surface area contributed by atoms with Crippen LogP contribution in [0.5, 0.6) is 0 Å². The van der Waals surface area contributed by atoms with Crippen LogP contribution in [0.3, 0.4) is 0 Å². The first-order valence-electron chi connectivity index (χ1n) is 6.00. The second-order valence-electron chi connectivity index (χ2n) is 4.17. The molecule has 0 aromatic heterocycles. The van der Waals surface area contributed by atoms with Crippen LogP contribution in [-0.2, 0) is 0 Å². The van der Waals surface area contributed by atoms with E-state index in [0.717, 1.165) is 11.3 Å². The lowest BCUT2D eigenvalue weighted by Crippen LogP contribution is -1.77. The van der Waals surface area contributed by atoms with Crippen molar-refractivity contribution in [2.45, 2.75) is 0 Å². The second kappa shape index (κ2) is 4.84. The summed E-state index contributed by atoms with van der Waals surface area (Å²) in [5, 5.41) is 0. The molecular formula is C17H13N. The van der Waals surface area contributed by atoms with Crippen LogP contribution in [0, 0.1) is 0 Å². The highest BCUT2D eigenvalue weighted by Gasteiger charge is 2.08. The molecule has 86 valence electrons. The summed E-state index contributed by atoms with van der Waals surface area (Å²) in [6.07, 6.45) is 8.18. The molecule has 18 heavy (non-hydrogen) atoms. The van der Waals surface area contributed by atoms with E-state index in [4.69, 9.17) is 0 Å². The van der Waals surface area contributed by atoms with Crippen LogP contribution >= 0.6 is 0 Å². The van der Waals surface area contributed by atoms with Crippen molar-refractivity contribution in [3.63, 3.8) is 0 Å². The molecule has 1 nitrogen and oxygen atoms in total. The van der Waals surface area contributed by atoms with Gasteiger partial charge in [-0.05, 0) is 11.6 Å². The van der Waals surface area contributed by atoms with Crippen LogP contribution in [0.1, 0.15) is 11.1 Å². The highest BCUT2D eigenvalue weighted by molar-refractivity contribution is 6.16. The zero-order valence-electron chi connectivity index (χ0n) is 9.95. The van der Waals surface area contributed by atoms with Gasteiger partial charge in [-0.25, -0.2) is 0 Å². The maximum Gasteiger partial charge on any atom is 0.0708 e. The molecule has 0 saturated carbocycles. The standard InChI is InChI=1S/C17H13N/c1-2-7-14(8-3-1)9-6-10-15-13-18-17-12-5-4-11-16(15)17/h1-13H/b9-6+,15-10+. The van der Waals surface area contributed by atoms with Gasteiger partial charge in [0.25, 0.3) is 0 Å². The predicted octanol–water partition coefficient (Wildman–Crippen LogP) is 4.50. The zero-order valence-corrected chi connectivity index (χ0v) is 9.95. The lowest BCUT2D eigenvalue weighted by molar-refractivity contribution is 1.55. The van der Waals surface area contributed by atoms with Crippen LogP contribution in [-0.4, -0.2) is 6.21 Å². The number of hydrogen-bond acceptors (Lipinski definition) is 1. The summed E-state index contributed by atoms with van der Waals surface area (Å²) < 4.78 is 0. The Morgan fingerprint density at radius 2 is 1.61 bits per heavy atom. The molecule has 0 unspecified atom stereocenters. The van der Waals surface area contributed by atoms with Crippen molar-refractivity contribution >= 4 is 23.6 Å². The van der Waals surface area contributed by atoms with E-state index in [1.807, 2.05) is 42.6 Å². The molecule has 0 atom stereocenters. The summed E-state index contributed by atoms with van der Waals surface area (Å²) in [5.41, 5.74) is 4.63. The Morgan fingerprint density at radius 3 is 2.50 bits per heavy atom. The Balaban J connectivity index is 1.84. The van der Waals surface area contributed by atoms with E-state index in [-0.39, 0.29) is 0 Å². The van der Waals surface area contributed by atoms with Gasteiger partial charge in [0, 0.05) is 17.4 Å². The number of nitrogens with zero attached hydrogens (tertiary/aromatic N) is 1. The number of allylic oxidation sites excluding steroid dienone is 3. The molecule has 1 aliphatic heterocycles. The number of fused-ring (bicyclic) bond motifs is 1. The lowest BCUT2D eigenvalue weighted by atomic mass is 10.1. The average Bonchev–Trinajstić information content (AvgIpc) is 2.84. The Morgan fingerprint density at radius 1 is 0.833 bits per heavy atom. The topological polar surface area (TPSA) is 12.4 Å². The highest BCUT2D eigenvalue weighted by atomic mass is 14.7. The third-order valence-corrected chi connectivity index (χ3v) is 2.92. The summed E-state index contributed by atoms with van der Waals surface area (Å²) >= 11 is 0. The van der Waals surface area contributed by atoms with Crippen molar-refractivity contribution in [3.8, 4) is 0 Å². The van der Waals surface area contributed by atoms with Gasteiger partial charge in [-0.1, -0.05) is 66.8 Å². The Labute approximate surface area is 107 Å². The molecular weight excluding hydrogens is 218 g/mol. The quantitative estimate of drug-likeness (QED) is 0.721. The third-order valence-electron chi connectivity index (χ3n) is 2.92. The first-order valence-corrected chi connectivity index (χ1v) is 6.00. The van der Waals surface area contributed by atoms with Gasteiger partial charge in [0.15, 0.2) is 0 Å². The molecule has 1 heterocycles. The van der Waals surface area contributed by atoms with Crippen LogP contribution in [0.4, 0.5) is 5.69 Å². The second-order valence-corrected chi connectivity index (χ2v) is 4.17. The van der Waals surface area contributed by atoms with Gasteiger partial charge in [0.05, 0.1) is 5.69 Å². The number of hydrogen-bond donors (Lipinski definition) is 0. The van der Waals surface area contributed by atoms with E-state index in [9.17, 15) is 0 Å². The van der Waals surface area contributed by atoms with Gasteiger partial charge >= 0.3 is 0 Å². The molecule has 1 heteroatoms. The third kappa shape index (κ3) is 2.16. The van der Waals surface area contributed by atoms with Crippen molar-refractivity contribution in [1.29, 1.82) is 0 Å². The van der Waals surface area contributed by atoms with Gasteiger partial charge in [-0.3, -0.25) is 4.99 Å². The van der Waals surface area contributed by atoms with Gasteiger partial charge < -0.3 is 0 Å². The van der Waals surface area contributed by atoms with Gasteiger partial charge in [-0.2, -0.15) is 0 Å². The normalized spacial score (nSPS) is 15.4. The molecule has 0 bridgehead atoms. The maximum absolute atomic E-state index is 4.38. The SMILES string of the molecule is C1=Nc2ccccc2/C1=C/C=C/c1ccccc1. The molecule has 0 amide bonds. The van der Waals surface area contributed by atoms with Gasteiger partial charge in [-0.15, -0.1) is 0 Å². The van der Waals surface area contributed by atoms with E-state index < -0.39 is 0 Å². The van der Waals surface area contributed by atoms with E-state index >= 15 is 0 Å². The van der Waals surface area contributed by atoms with Crippen molar-refractivity contribution in [1.82, 2.24) is 0 Å². The molecule has 3 rings (SSSR count). The molecule has 2 aromatic carbocycles. The van der Waals surface area contributed by atoms with Crippen LogP contribution < -0.4 is 0 Å². The van der Waals surface area contributed by atoms with Gasteiger partial charge in [0.1, 0.15) is 0 Å². The van der Waals surface area contributed by atoms with Crippen LogP contribution in [0.2, 0.25) is 0 Å². The van der Waals surface area contributed by atoms with Crippen LogP contribution in [0.25, 0.3) is 11.6 Å². The summed E-state index contributed by atoms with van der Waals surface area (Å²) in [6.45, 7) is 0. The number of para-hydroxylation sites is 1. The largest absolute Gasteiger partial charge is 0.256 e. The van der Waals surface area contributed by atoms with Crippen molar-refractivity contribution in [3.05, 3.63) is 77.9 Å². The highest BCUT2D eigenvalue weighted by Crippen LogP contribution is 2.30. The molecule has 0 saturated heterocycles. The van der Waals surface area contributed by atoms with Crippen LogP contribution in [0.15, 0.2) is 71.7 Å². The number of rotatable bonds is 2. The Bertz CT molecular complexity index is 634. The Kier molecular flexibility index (Phi) is 2.89. The molecule has 0 spiro atoms. The minimum Gasteiger partial charge on any atom is -0.256 e. The molecule has 0 N–H and O–H groups in total. The number of aliphatic imine (C=N–C) groups is 1. The fourth-order valence-corrected chi connectivity index (χ4v) is 2.00. The van der Waals surface area contributed by atoms with Crippen molar-refractivity contribution in [2.24, 2.45) is 4.99 Å². The van der Waals surface area contributed by atoms with E-state index in [1.54, 1.807) is 0 Å². The minimum absolute atomic E-state index is 1.05. The van der Waals surface area contributed by atoms with E-state index in [0.29, 0.717) is 0 Å². The molecule has 0 radical (unpaired) electrons. The minimum atomic E-state index is 1.05.